The van der Waals surface area contributed by atoms with Gasteiger partial charge in [0.1, 0.15) is 6.26 Å². The summed E-state index contributed by atoms with van der Waals surface area (Å²) in [6, 6.07) is 0. The molecule has 17 heavy (non-hydrogen) atoms. The van der Waals surface area contributed by atoms with Gasteiger partial charge >= 0.3 is 6.18 Å². The highest BCUT2D eigenvalue weighted by molar-refractivity contribution is 5.06. The molecule has 2 fully saturated rings. The van der Waals surface area contributed by atoms with Crippen molar-refractivity contribution in [2.45, 2.75) is 12.7 Å². The highest BCUT2D eigenvalue weighted by atomic mass is 19.4. The van der Waals surface area contributed by atoms with Crippen molar-refractivity contribution < 1.29 is 17.6 Å². The first-order valence-corrected chi connectivity index (χ1v) is 5.42. The van der Waals surface area contributed by atoms with E-state index in [1.54, 1.807) is 0 Å². The lowest BCUT2D eigenvalue weighted by molar-refractivity contribution is -0.141. The van der Waals surface area contributed by atoms with Crippen LogP contribution in [-0.2, 0) is 12.7 Å². The first-order valence-electron chi connectivity index (χ1n) is 5.42. The van der Waals surface area contributed by atoms with E-state index in [4.69, 9.17) is 4.42 Å². The summed E-state index contributed by atoms with van der Waals surface area (Å²) in [6.07, 6.45) is -3.74. The predicted octanol–water partition coefficient (Wildman–Crippen LogP) is 1.10. The van der Waals surface area contributed by atoms with Crippen molar-refractivity contribution >= 4 is 0 Å². The molecule has 1 aromatic heterocycles. The van der Waals surface area contributed by atoms with Gasteiger partial charge in [-0.1, -0.05) is 0 Å². The van der Waals surface area contributed by atoms with Crippen LogP contribution in [0.25, 0.3) is 0 Å². The Morgan fingerprint density at radius 3 is 2.59 bits per heavy atom. The Morgan fingerprint density at radius 1 is 1.41 bits per heavy atom. The van der Waals surface area contributed by atoms with Gasteiger partial charge in [0.2, 0.25) is 5.89 Å². The molecule has 0 aromatic carbocycles. The summed E-state index contributed by atoms with van der Waals surface area (Å²) in [6.45, 7) is 4.18. The molecule has 1 spiro atoms. The molecule has 0 radical (unpaired) electrons. The van der Waals surface area contributed by atoms with E-state index in [9.17, 15) is 13.2 Å². The fourth-order valence-corrected chi connectivity index (χ4v) is 2.42. The topological polar surface area (TPSA) is 41.3 Å². The number of nitrogens with one attached hydrogen (secondary N) is 1. The molecule has 0 bridgehead atoms. The number of hydrogen-bond acceptors (Lipinski definition) is 4. The zero-order valence-corrected chi connectivity index (χ0v) is 9.05. The Balaban J connectivity index is 1.57. The van der Waals surface area contributed by atoms with Crippen LogP contribution in [0.5, 0.6) is 0 Å². The van der Waals surface area contributed by atoms with Crippen molar-refractivity contribution in [1.29, 1.82) is 0 Å². The van der Waals surface area contributed by atoms with Crippen LogP contribution in [0.1, 0.15) is 11.6 Å². The number of hydrogen-bond donors (Lipinski definition) is 1. The number of oxazole rings is 1. The number of halogens is 3. The molecule has 0 amide bonds. The first-order chi connectivity index (χ1) is 7.97. The van der Waals surface area contributed by atoms with E-state index in [2.05, 4.69) is 10.3 Å². The number of alkyl halides is 3. The van der Waals surface area contributed by atoms with Gasteiger partial charge in [0.05, 0.1) is 6.54 Å². The number of nitrogens with zero attached hydrogens (tertiary/aromatic N) is 2. The number of likely N-dealkylation sites (tertiary alicyclic amines) is 1. The lowest BCUT2D eigenvalue weighted by Gasteiger charge is -2.55. The van der Waals surface area contributed by atoms with E-state index in [0.717, 1.165) is 26.2 Å². The van der Waals surface area contributed by atoms with E-state index < -0.39 is 11.9 Å². The van der Waals surface area contributed by atoms with Crippen LogP contribution in [-0.4, -0.2) is 36.1 Å². The molecule has 0 unspecified atom stereocenters. The summed E-state index contributed by atoms with van der Waals surface area (Å²) in [5.74, 6) is 0.138. The minimum Gasteiger partial charge on any atom is -0.447 e. The average Bonchev–Trinajstić information content (AvgIpc) is 2.54. The third-order valence-electron chi connectivity index (χ3n) is 3.32. The van der Waals surface area contributed by atoms with Crippen molar-refractivity contribution in [3.8, 4) is 0 Å². The zero-order chi connectivity index (χ0) is 12.1. The van der Waals surface area contributed by atoms with Gasteiger partial charge in [-0.05, 0) is 0 Å². The Bertz CT molecular complexity index is 417. The largest absolute Gasteiger partial charge is 0.447 e. The number of aromatic nitrogens is 1. The number of rotatable bonds is 2. The molecule has 0 saturated carbocycles. The van der Waals surface area contributed by atoms with Crippen molar-refractivity contribution in [2.75, 3.05) is 26.2 Å². The second-order valence-electron chi connectivity index (χ2n) is 4.87. The third kappa shape index (κ3) is 1.93. The lowest BCUT2D eigenvalue weighted by Crippen LogP contribution is -2.70. The van der Waals surface area contributed by atoms with Gasteiger partial charge in [0, 0.05) is 31.6 Å². The minimum atomic E-state index is -4.42. The average molecular weight is 247 g/mol. The van der Waals surface area contributed by atoms with Crippen LogP contribution >= 0.6 is 0 Å². The van der Waals surface area contributed by atoms with Gasteiger partial charge < -0.3 is 9.73 Å². The molecule has 4 nitrogen and oxygen atoms in total. The van der Waals surface area contributed by atoms with E-state index >= 15 is 0 Å². The Labute approximate surface area is 95.8 Å². The fraction of sp³-hybridized carbons (Fsp3) is 0.700. The maximum absolute atomic E-state index is 12.3. The van der Waals surface area contributed by atoms with Crippen LogP contribution in [0, 0.1) is 5.41 Å². The van der Waals surface area contributed by atoms with Gasteiger partial charge in [0.25, 0.3) is 0 Å². The second-order valence-corrected chi connectivity index (χ2v) is 4.87. The maximum atomic E-state index is 12.3. The van der Waals surface area contributed by atoms with Gasteiger partial charge in [-0.3, -0.25) is 4.90 Å². The molecular formula is C10H12F3N3O. The Kier molecular flexibility index (Phi) is 2.24. The normalized spacial score (nSPS) is 23.5. The molecule has 0 atom stereocenters. The minimum absolute atomic E-state index is 0.138. The predicted molar refractivity (Wildman–Crippen MR) is 52.1 cm³/mol. The molecular weight excluding hydrogens is 235 g/mol. The highest BCUT2D eigenvalue weighted by Crippen LogP contribution is 2.35. The quantitative estimate of drug-likeness (QED) is 0.849. The molecule has 2 saturated heterocycles. The lowest BCUT2D eigenvalue weighted by atomic mass is 9.74. The molecule has 94 valence electrons. The Morgan fingerprint density at radius 2 is 2.12 bits per heavy atom. The van der Waals surface area contributed by atoms with Crippen molar-refractivity contribution in [3.63, 3.8) is 0 Å². The third-order valence-corrected chi connectivity index (χ3v) is 3.32. The maximum Gasteiger partial charge on any atom is 0.436 e. The molecule has 2 aliphatic rings. The molecule has 3 rings (SSSR count). The van der Waals surface area contributed by atoms with Crippen molar-refractivity contribution in [2.24, 2.45) is 5.41 Å². The zero-order valence-electron chi connectivity index (χ0n) is 9.05. The molecule has 0 aliphatic carbocycles. The van der Waals surface area contributed by atoms with Crippen LogP contribution in [0.15, 0.2) is 10.7 Å². The molecule has 1 N–H and O–H groups in total. The van der Waals surface area contributed by atoms with E-state index in [1.807, 2.05) is 4.90 Å². The van der Waals surface area contributed by atoms with Crippen LogP contribution in [0.3, 0.4) is 0 Å². The summed E-state index contributed by atoms with van der Waals surface area (Å²) < 4.78 is 41.7. The van der Waals surface area contributed by atoms with Crippen LogP contribution < -0.4 is 5.32 Å². The SMILES string of the molecule is FC(F)(F)c1coc(CN2CC3(CNC3)C2)n1. The summed E-state index contributed by atoms with van der Waals surface area (Å²) in [7, 11) is 0. The highest BCUT2D eigenvalue weighted by Gasteiger charge is 2.47. The smallest absolute Gasteiger partial charge is 0.436 e. The van der Waals surface area contributed by atoms with Crippen LogP contribution in [0.4, 0.5) is 13.2 Å². The van der Waals surface area contributed by atoms with E-state index in [1.165, 1.54) is 0 Å². The molecule has 3 heterocycles. The van der Waals surface area contributed by atoms with Crippen molar-refractivity contribution in [3.05, 3.63) is 17.8 Å². The standard InChI is InChI=1S/C10H12F3N3O/c11-10(12,13)7-2-17-8(15-7)1-16-5-9(6-16)3-14-4-9/h2,14H,1,3-6H2. The van der Waals surface area contributed by atoms with E-state index in [-0.39, 0.29) is 5.89 Å². The molecule has 7 heteroatoms. The monoisotopic (exact) mass is 247 g/mol. The van der Waals surface area contributed by atoms with Crippen molar-refractivity contribution in [1.82, 2.24) is 15.2 Å². The van der Waals surface area contributed by atoms with E-state index in [0.29, 0.717) is 18.2 Å². The molecule has 2 aliphatic heterocycles. The second kappa shape index (κ2) is 3.46. The van der Waals surface area contributed by atoms with Gasteiger partial charge in [0.15, 0.2) is 5.69 Å². The summed E-state index contributed by atoms with van der Waals surface area (Å²) in [4.78, 5) is 5.49. The fourth-order valence-electron chi connectivity index (χ4n) is 2.42. The van der Waals surface area contributed by atoms with Gasteiger partial charge in [-0.15, -0.1) is 0 Å². The van der Waals surface area contributed by atoms with Gasteiger partial charge in [-0.2, -0.15) is 13.2 Å². The van der Waals surface area contributed by atoms with Crippen LogP contribution in [0.2, 0.25) is 0 Å². The summed E-state index contributed by atoms with van der Waals surface area (Å²) >= 11 is 0. The summed E-state index contributed by atoms with van der Waals surface area (Å²) in [5, 5.41) is 3.20. The first kappa shape index (κ1) is 11.0. The molecule has 1 aromatic rings. The Hall–Kier alpha value is -1.08. The van der Waals surface area contributed by atoms with Gasteiger partial charge in [-0.25, -0.2) is 4.98 Å². The summed E-state index contributed by atoms with van der Waals surface area (Å²) in [5.41, 5.74) is -0.590.